The van der Waals surface area contributed by atoms with Gasteiger partial charge in [0, 0.05) is 22.3 Å². The summed E-state index contributed by atoms with van der Waals surface area (Å²) < 4.78 is 15.0. The molecule has 21 heavy (non-hydrogen) atoms. The van der Waals surface area contributed by atoms with Gasteiger partial charge in [0.25, 0.3) is 0 Å². The van der Waals surface area contributed by atoms with Gasteiger partial charge >= 0.3 is 0 Å². The lowest BCUT2D eigenvalue weighted by atomic mass is 10.1. The van der Waals surface area contributed by atoms with E-state index in [0.717, 1.165) is 23.5 Å². The lowest BCUT2D eigenvalue weighted by Crippen LogP contribution is -2.19. The Morgan fingerprint density at radius 2 is 2.10 bits per heavy atom. The summed E-state index contributed by atoms with van der Waals surface area (Å²) in [6.45, 7) is 9.75. The Balaban J connectivity index is 2.31. The third kappa shape index (κ3) is 3.44. The molecule has 114 valence electrons. The Morgan fingerprint density at radius 3 is 2.71 bits per heavy atom. The van der Waals surface area contributed by atoms with E-state index in [0.29, 0.717) is 11.6 Å². The van der Waals surface area contributed by atoms with Crippen LogP contribution in [0.15, 0.2) is 18.2 Å². The van der Waals surface area contributed by atoms with Gasteiger partial charge in [-0.15, -0.1) is 0 Å². The number of hydrogen-bond donors (Lipinski definition) is 1. The van der Waals surface area contributed by atoms with E-state index in [-0.39, 0.29) is 11.9 Å². The van der Waals surface area contributed by atoms with Crippen LogP contribution in [-0.4, -0.2) is 16.3 Å². The maximum Gasteiger partial charge on any atom is 0.124 e. The summed E-state index contributed by atoms with van der Waals surface area (Å²) in [5.74, 6) is -0.321. The van der Waals surface area contributed by atoms with Gasteiger partial charge in [-0.05, 0) is 45.0 Å². The molecule has 0 aliphatic carbocycles. The zero-order chi connectivity index (χ0) is 15.6. The average Bonchev–Trinajstić information content (AvgIpc) is 2.68. The van der Waals surface area contributed by atoms with Crippen molar-refractivity contribution in [3.8, 4) is 0 Å². The van der Waals surface area contributed by atoms with Gasteiger partial charge in [-0.3, -0.25) is 4.68 Å². The second-order valence-corrected chi connectivity index (χ2v) is 5.66. The van der Waals surface area contributed by atoms with Gasteiger partial charge in [-0.1, -0.05) is 24.6 Å². The second-order valence-electron chi connectivity index (χ2n) is 5.26. The molecule has 1 unspecified atom stereocenters. The fraction of sp³-hybridized carbons (Fsp3) is 0.438. The number of aryl methyl sites for hydroxylation is 1. The molecule has 1 N–H and O–H groups in total. The molecule has 5 heteroatoms. The van der Waals surface area contributed by atoms with Gasteiger partial charge in [0.2, 0.25) is 0 Å². The number of nitrogens with zero attached hydrogens (tertiary/aromatic N) is 2. The Hall–Kier alpha value is -1.39. The topological polar surface area (TPSA) is 29.9 Å². The summed E-state index contributed by atoms with van der Waals surface area (Å²) in [5, 5.41) is 8.44. The number of benzene rings is 1. The first kappa shape index (κ1) is 16.0. The molecule has 0 spiro atoms. The van der Waals surface area contributed by atoms with Crippen LogP contribution in [0, 0.1) is 19.7 Å². The summed E-state index contributed by atoms with van der Waals surface area (Å²) in [4.78, 5) is 0. The highest BCUT2D eigenvalue weighted by Crippen LogP contribution is 2.24. The first-order valence-corrected chi connectivity index (χ1v) is 7.53. The predicted octanol–water partition coefficient (Wildman–Crippen LogP) is 4.01. The number of halogens is 2. The summed E-state index contributed by atoms with van der Waals surface area (Å²) in [6, 6.07) is 4.73. The van der Waals surface area contributed by atoms with E-state index >= 15 is 0 Å². The molecule has 1 atom stereocenters. The van der Waals surface area contributed by atoms with Crippen molar-refractivity contribution in [1.82, 2.24) is 15.1 Å². The molecule has 2 aromatic rings. The van der Waals surface area contributed by atoms with Crippen molar-refractivity contribution in [3.63, 3.8) is 0 Å². The minimum atomic E-state index is -0.321. The van der Waals surface area contributed by atoms with Crippen molar-refractivity contribution in [2.45, 2.75) is 40.3 Å². The first-order valence-electron chi connectivity index (χ1n) is 7.15. The van der Waals surface area contributed by atoms with Crippen LogP contribution in [0.3, 0.4) is 0 Å². The summed E-state index contributed by atoms with van der Waals surface area (Å²) >= 11 is 6.10. The third-order valence-electron chi connectivity index (χ3n) is 3.72. The van der Waals surface area contributed by atoms with Crippen molar-refractivity contribution in [2.75, 3.05) is 6.54 Å². The Labute approximate surface area is 130 Å². The Morgan fingerprint density at radius 1 is 1.38 bits per heavy atom. The minimum Gasteiger partial charge on any atom is -0.310 e. The van der Waals surface area contributed by atoms with Crippen molar-refractivity contribution < 1.29 is 4.39 Å². The lowest BCUT2D eigenvalue weighted by Gasteiger charge is -2.13. The SMILES string of the molecule is CCNC(C)c1c(C)nn(Cc2ccc(F)cc2Cl)c1C. The maximum absolute atomic E-state index is 13.1. The molecule has 0 amide bonds. The number of aromatic nitrogens is 2. The quantitative estimate of drug-likeness (QED) is 0.904. The summed E-state index contributed by atoms with van der Waals surface area (Å²) in [7, 11) is 0. The van der Waals surface area contributed by atoms with Crippen molar-refractivity contribution >= 4 is 11.6 Å². The normalized spacial score (nSPS) is 12.7. The van der Waals surface area contributed by atoms with E-state index < -0.39 is 0 Å². The molecule has 3 nitrogen and oxygen atoms in total. The molecule has 1 heterocycles. The van der Waals surface area contributed by atoms with E-state index in [2.05, 4.69) is 31.2 Å². The van der Waals surface area contributed by atoms with Crippen molar-refractivity contribution in [3.05, 3.63) is 51.6 Å². The van der Waals surface area contributed by atoms with Crippen LogP contribution in [0.2, 0.25) is 5.02 Å². The Bertz CT molecular complexity index is 637. The molecular weight excluding hydrogens is 289 g/mol. The van der Waals surface area contributed by atoms with E-state index in [1.807, 2.05) is 11.6 Å². The second kappa shape index (κ2) is 6.58. The third-order valence-corrected chi connectivity index (χ3v) is 4.07. The van der Waals surface area contributed by atoms with Gasteiger partial charge in [0.15, 0.2) is 0 Å². The summed E-state index contributed by atoms with van der Waals surface area (Å²) in [6.07, 6.45) is 0. The molecule has 0 aliphatic rings. The molecule has 0 aliphatic heterocycles. The van der Waals surface area contributed by atoms with E-state index in [1.165, 1.54) is 17.7 Å². The van der Waals surface area contributed by atoms with Gasteiger partial charge in [0.1, 0.15) is 5.82 Å². The molecule has 0 fully saturated rings. The highest BCUT2D eigenvalue weighted by atomic mass is 35.5. The van der Waals surface area contributed by atoms with E-state index in [9.17, 15) is 4.39 Å². The van der Waals surface area contributed by atoms with E-state index in [1.54, 1.807) is 6.07 Å². The van der Waals surface area contributed by atoms with Crippen LogP contribution in [0.25, 0.3) is 0 Å². The van der Waals surface area contributed by atoms with Crippen molar-refractivity contribution in [1.29, 1.82) is 0 Å². The number of nitrogens with one attached hydrogen (secondary N) is 1. The fourth-order valence-corrected chi connectivity index (χ4v) is 2.94. The van der Waals surface area contributed by atoms with Gasteiger partial charge in [-0.2, -0.15) is 5.10 Å². The molecular formula is C16H21ClFN3. The monoisotopic (exact) mass is 309 g/mol. The fourth-order valence-electron chi connectivity index (χ4n) is 2.71. The van der Waals surface area contributed by atoms with Crippen LogP contribution in [0.4, 0.5) is 4.39 Å². The van der Waals surface area contributed by atoms with Crippen LogP contribution < -0.4 is 5.32 Å². The van der Waals surface area contributed by atoms with Crippen LogP contribution in [0.1, 0.15) is 42.4 Å². The van der Waals surface area contributed by atoms with Crippen LogP contribution in [-0.2, 0) is 6.54 Å². The molecule has 2 rings (SSSR count). The highest BCUT2D eigenvalue weighted by Gasteiger charge is 2.17. The standard InChI is InChI=1S/C16H21ClFN3/c1-5-19-10(2)16-11(3)20-21(12(16)4)9-13-6-7-14(18)8-15(13)17/h6-8,10,19H,5,9H2,1-4H3. The molecule has 0 bridgehead atoms. The molecule has 0 saturated heterocycles. The van der Waals surface area contributed by atoms with Gasteiger partial charge in [-0.25, -0.2) is 4.39 Å². The molecule has 0 saturated carbocycles. The smallest absolute Gasteiger partial charge is 0.124 e. The van der Waals surface area contributed by atoms with Gasteiger partial charge in [0.05, 0.1) is 12.2 Å². The van der Waals surface area contributed by atoms with Crippen molar-refractivity contribution in [2.24, 2.45) is 0 Å². The Kier molecular flexibility index (Phi) is 5.01. The maximum atomic E-state index is 13.1. The zero-order valence-electron chi connectivity index (χ0n) is 12.9. The molecule has 1 aromatic carbocycles. The van der Waals surface area contributed by atoms with E-state index in [4.69, 9.17) is 11.6 Å². The zero-order valence-corrected chi connectivity index (χ0v) is 13.6. The average molecular weight is 310 g/mol. The number of rotatable bonds is 5. The van der Waals surface area contributed by atoms with Crippen LogP contribution >= 0.6 is 11.6 Å². The highest BCUT2D eigenvalue weighted by molar-refractivity contribution is 6.31. The summed E-state index contributed by atoms with van der Waals surface area (Å²) in [5.41, 5.74) is 4.21. The molecule has 1 aromatic heterocycles. The van der Waals surface area contributed by atoms with Gasteiger partial charge < -0.3 is 5.32 Å². The lowest BCUT2D eigenvalue weighted by molar-refractivity contribution is 0.589. The largest absolute Gasteiger partial charge is 0.310 e. The molecule has 0 radical (unpaired) electrons. The first-order chi connectivity index (χ1) is 9.93. The number of hydrogen-bond acceptors (Lipinski definition) is 2. The van der Waals surface area contributed by atoms with Crippen LogP contribution in [0.5, 0.6) is 0 Å². The minimum absolute atomic E-state index is 0.257. The predicted molar refractivity (Wildman–Crippen MR) is 84.3 cm³/mol.